The number of methoxy groups -OCH3 is 1. The number of rotatable bonds is 6. The Morgan fingerprint density at radius 3 is 2.79 bits per heavy atom. The van der Waals surface area contributed by atoms with Crippen LogP contribution in [0.2, 0.25) is 5.02 Å². The number of nitrogens with zero attached hydrogens (tertiary/aromatic N) is 3. The van der Waals surface area contributed by atoms with Crippen molar-refractivity contribution in [2.24, 2.45) is 0 Å². The first-order valence-corrected chi connectivity index (χ1v) is 8.65. The maximum absolute atomic E-state index is 13.2. The van der Waals surface area contributed by atoms with E-state index in [0.29, 0.717) is 16.3 Å². The zero-order valence-electron chi connectivity index (χ0n) is 14.8. The summed E-state index contributed by atoms with van der Waals surface area (Å²) in [5.74, 6) is -0.894. The van der Waals surface area contributed by atoms with Crippen molar-refractivity contribution in [3.8, 4) is 5.75 Å². The van der Waals surface area contributed by atoms with E-state index in [1.807, 2.05) is 0 Å². The number of alkyl halides is 3. The molecule has 0 saturated carbocycles. The minimum absolute atomic E-state index is 0.00612. The van der Waals surface area contributed by atoms with E-state index < -0.39 is 12.0 Å². The van der Waals surface area contributed by atoms with E-state index in [1.54, 1.807) is 18.2 Å². The number of carbonyl (C=O) groups excluding carboxylic acids is 1. The van der Waals surface area contributed by atoms with Gasteiger partial charge in [0.25, 0.3) is 0 Å². The molecule has 0 bridgehead atoms. The van der Waals surface area contributed by atoms with Gasteiger partial charge in [-0.1, -0.05) is 17.7 Å². The second-order valence-electron chi connectivity index (χ2n) is 5.93. The maximum Gasteiger partial charge on any atom is 0.449 e. The molecule has 0 aliphatic carbocycles. The molecule has 0 aliphatic rings. The summed E-state index contributed by atoms with van der Waals surface area (Å²) in [7, 11) is 1.48. The molecule has 10 heteroatoms. The number of nitrogens with one attached hydrogen (secondary N) is 1. The van der Waals surface area contributed by atoms with E-state index in [2.05, 4.69) is 15.3 Å². The molecule has 6 nitrogen and oxygen atoms in total. The van der Waals surface area contributed by atoms with Crippen molar-refractivity contribution in [2.75, 3.05) is 13.7 Å². The lowest BCUT2D eigenvalue weighted by Gasteiger charge is -2.12. The summed E-state index contributed by atoms with van der Waals surface area (Å²) in [5, 5.41) is 2.98. The van der Waals surface area contributed by atoms with E-state index in [9.17, 15) is 18.0 Å². The maximum atomic E-state index is 13.2. The van der Waals surface area contributed by atoms with Crippen molar-refractivity contribution < 1.29 is 22.7 Å². The second kappa shape index (κ2) is 8.05. The average Bonchev–Trinajstić information content (AvgIpc) is 3.01. The van der Waals surface area contributed by atoms with Crippen LogP contribution in [-0.2, 0) is 23.9 Å². The van der Waals surface area contributed by atoms with Crippen LogP contribution in [0.3, 0.4) is 0 Å². The number of halogens is 4. The van der Waals surface area contributed by atoms with E-state index in [-0.39, 0.29) is 36.6 Å². The zero-order chi connectivity index (χ0) is 20.3. The van der Waals surface area contributed by atoms with Gasteiger partial charge in [-0.25, -0.2) is 9.97 Å². The zero-order valence-corrected chi connectivity index (χ0v) is 15.5. The summed E-state index contributed by atoms with van der Waals surface area (Å²) in [5.41, 5.74) is 0.925. The quantitative estimate of drug-likeness (QED) is 0.673. The van der Waals surface area contributed by atoms with E-state index >= 15 is 0 Å². The predicted octanol–water partition coefficient (Wildman–Crippen LogP) is 3.47. The van der Waals surface area contributed by atoms with Crippen molar-refractivity contribution in [2.45, 2.75) is 19.1 Å². The highest BCUT2D eigenvalue weighted by molar-refractivity contribution is 6.32. The molecule has 3 rings (SSSR count). The topological polar surface area (TPSA) is 69.0 Å². The number of imidazole rings is 1. The molecule has 1 amide bonds. The third-order valence-electron chi connectivity index (χ3n) is 4.00. The smallest absolute Gasteiger partial charge is 0.449 e. The van der Waals surface area contributed by atoms with Crippen LogP contribution >= 0.6 is 11.6 Å². The Morgan fingerprint density at radius 2 is 2.11 bits per heavy atom. The minimum Gasteiger partial charge on any atom is -0.495 e. The van der Waals surface area contributed by atoms with Crippen LogP contribution in [0.25, 0.3) is 11.2 Å². The first-order chi connectivity index (χ1) is 13.3. The Bertz CT molecular complexity index is 1000. The van der Waals surface area contributed by atoms with Crippen molar-refractivity contribution in [3.05, 3.63) is 52.9 Å². The highest BCUT2D eigenvalue weighted by Gasteiger charge is 2.37. The Morgan fingerprint density at radius 1 is 1.32 bits per heavy atom. The van der Waals surface area contributed by atoms with Crippen molar-refractivity contribution in [3.63, 3.8) is 0 Å². The molecule has 1 N–H and O–H groups in total. The number of hydrogen-bond donors (Lipinski definition) is 1. The molecule has 0 fully saturated rings. The predicted molar refractivity (Wildman–Crippen MR) is 97.2 cm³/mol. The number of amides is 1. The molecule has 2 aromatic heterocycles. The third-order valence-corrected chi connectivity index (χ3v) is 4.29. The monoisotopic (exact) mass is 412 g/mol. The highest BCUT2D eigenvalue weighted by Crippen LogP contribution is 2.30. The first-order valence-electron chi connectivity index (χ1n) is 8.27. The standard InChI is InChI=1S/C18H16ClF3N4O2/c1-28-14-5-4-11(9-12(14)19)10-15(27)23-7-8-26-16-13(3-2-6-24-16)25-17(26)18(20,21)22/h2-6,9H,7-8,10H2,1H3,(H,23,27). The summed E-state index contributed by atoms with van der Waals surface area (Å²) in [4.78, 5) is 19.7. The molecule has 0 atom stereocenters. The molecular formula is C18H16ClF3N4O2. The van der Waals surface area contributed by atoms with Crippen LogP contribution in [0.4, 0.5) is 13.2 Å². The molecule has 3 aromatic rings. The Labute approximate surface area is 163 Å². The Kier molecular flexibility index (Phi) is 5.73. The summed E-state index contributed by atoms with van der Waals surface area (Å²) in [6, 6.07) is 7.92. The van der Waals surface area contributed by atoms with Crippen molar-refractivity contribution in [1.82, 2.24) is 19.9 Å². The van der Waals surface area contributed by atoms with Crippen molar-refractivity contribution >= 4 is 28.7 Å². The number of aromatic nitrogens is 3. The molecule has 1 aromatic carbocycles. The molecule has 28 heavy (non-hydrogen) atoms. The van der Waals surface area contributed by atoms with E-state index in [4.69, 9.17) is 16.3 Å². The summed E-state index contributed by atoms with van der Waals surface area (Å²) in [6.07, 6.45) is -3.18. The Balaban J connectivity index is 1.66. The van der Waals surface area contributed by atoms with Crippen LogP contribution < -0.4 is 10.1 Å². The lowest BCUT2D eigenvalue weighted by molar-refractivity contribution is -0.146. The van der Waals surface area contributed by atoms with Gasteiger partial charge in [-0.3, -0.25) is 4.79 Å². The fourth-order valence-electron chi connectivity index (χ4n) is 2.76. The van der Waals surface area contributed by atoms with Gasteiger partial charge in [0.15, 0.2) is 5.65 Å². The average molecular weight is 413 g/mol. The van der Waals surface area contributed by atoms with Gasteiger partial charge in [-0.2, -0.15) is 13.2 Å². The SMILES string of the molecule is COc1ccc(CC(=O)NCCn2c(C(F)(F)F)nc3cccnc32)cc1Cl. The highest BCUT2D eigenvalue weighted by atomic mass is 35.5. The fourth-order valence-corrected chi connectivity index (χ4v) is 3.04. The second-order valence-corrected chi connectivity index (χ2v) is 6.33. The van der Waals surface area contributed by atoms with Crippen LogP contribution in [-0.4, -0.2) is 34.1 Å². The first kappa shape index (κ1) is 19.9. The van der Waals surface area contributed by atoms with E-state index in [0.717, 1.165) is 4.57 Å². The minimum atomic E-state index is -4.62. The van der Waals surface area contributed by atoms with Gasteiger partial charge in [0, 0.05) is 19.3 Å². The lowest BCUT2D eigenvalue weighted by atomic mass is 10.1. The summed E-state index contributed by atoms with van der Waals surface area (Å²) in [6.45, 7) is -0.120. The normalized spacial score (nSPS) is 11.6. The number of fused-ring (bicyclic) bond motifs is 1. The molecule has 2 heterocycles. The van der Waals surface area contributed by atoms with Gasteiger partial charge in [0.05, 0.1) is 18.6 Å². The fraction of sp³-hybridized carbons (Fsp3) is 0.278. The summed E-state index contributed by atoms with van der Waals surface area (Å²) < 4.78 is 45.7. The molecule has 148 valence electrons. The lowest BCUT2D eigenvalue weighted by Crippen LogP contribution is -2.29. The van der Waals surface area contributed by atoms with Crippen molar-refractivity contribution in [1.29, 1.82) is 0 Å². The van der Waals surface area contributed by atoms with Crippen LogP contribution in [0.5, 0.6) is 5.75 Å². The van der Waals surface area contributed by atoms with Gasteiger partial charge in [-0.15, -0.1) is 0 Å². The van der Waals surface area contributed by atoms with Crippen LogP contribution in [0.1, 0.15) is 11.4 Å². The summed E-state index contributed by atoms with van der Waals surface area (Å²) >= 11 is 6.02. The number of hydrogen-bond acceptors (Lipinski definition) is 4. The number of carbonyl (C=O) groups is 1. The van der Waals surface area contributed by atoms with E-state index in [1.165, 1.54) is 25.4 Å². The molecule has 0 aliphatic heterocycles. The third kappa shape index (κ3) is 4.36. The number of ether oxygens (including phenoxy) is 1. The molecule has 0 saturated heterocycles. The van der Waals surface area contributed by atoms with Gasteiger partial charge in [0.1, 0.15) is 11.3 Å². The molecule has 0 radical (unpaired) electrons. The number of pyridine rings is 1. The Hall–Kier alpha value is -2.81. The van der Waals surface area contributed by atoms with Crippen LogP contribution in [0, 0.1) is 0 Å². The van der Waals surface area contributed by atoms with Gasteiger partial charge in [0.2, 0.25) is 11.7 Å². The molecule has 0 unspecified atom stereocenters. The molecule has 0 spiro atoms. The largest absolute Gasteiger partial charge is 0.495 e. The number of benzene rings is 1. The van der Waals surface area contributed by atoms with Gasteiger partial charge < -0.3 is 14.6 Å². The van der Waals surface area contributed by atoms with Gasteiger partial charge >= 0.3 is 6.18 Å². The van der Waals surface area contributed by atoms with Crippen LogP contribution in [0.15, 0.2) is 36.5 Å². The van der Waals surface area contributed by atoms with Gasteiger partial charge in [-0.05, 0) is 29.8 Å². The molecular weight excluding hydrogens is 397 g/mol.